The van der Waals surface area contributed by atoms with E-state index in [9.17, 15) is 14.7 Å². The Balaban J connectivity index is 1.92. The molecule has 0 radical (unpaired) electrons. The van der Waals surface area contributed by atoms with Gasteiger partial charge in [-0.2, -0.15) is 0 Å². The van der Waals surface area contributed by atoms with Crippen LogP contribution in [0.3, 0.4) is 0 Å². The molecule has 1 N–H and O–H groups in total. The van der Waals surface area contributed by atoms with Crippen LogP contribution in [0.1, 0.15) is 16.5 Å². The van der Waals surface area contributed by atoms with E-state index in [4.69, 9.17) is 11.6 Å². The zero-order chi connectivity index (χ0) is 18.3. The first-order valence-corrected chi connectivity index (χ1v) is 9.43. The number of carbonyl (C=O) groups excluding carboxylic acids is 2. The largest absolute Gasteiger partial charge is 0.507 e. The van der Waals surface area contributed by atoms with Crippen LogP contribution in [-0.2, 0) is 9.59 Å². The molecule has 7 nitrogen and oxygen atoms in total. The number of aliphatic hydroxyl groups excluding tert-OH is 1. The van der Waals surface area contributed by atoms with E-state index >= 15 is 0 Å². The Kier molecular flexibility index (Phi) is 4.27. The van der Waals surface area contributed by atoms with E-state index in [1.54, 1.807) is 36.0 Å². The molecular formula is C16H9ClN4O3S2. The van der Waals surface area contributed by atoms with Gasteiger partial charge in [-0.25, -0.2) is 0 Å². The first-order chi connectivity index (χ1) is 12.6. The molecule has 0 spiro atoms. The lowest BCUT2D eigenvalue weighted by Crippen LogP contribution is -2.29. The van der Waals surface area contributed by atoms with Crippen LogP contribution in [0.15, 0.2) is 47.1 Å². The molecule has 3 aromatic rings. The van der Waals surface area contributed by atoms with Gasteiger partial charge in [0.25, 0.3) is 5.78 Å². The maximum atomic E-state index is 12.7. The highest BCUT2D eigenvalue weighted by molar-refractivity contribution is 7.13. The van der Waals surface area contributed by atoms with Gasteiger partial charge >= 0.3 is 5.91 Å². The van der Waals surface area contributed by atoms with Crippen molar-refractivity contribution in [3.8, 4) is 0 Å². The Hall–Kier alpha value is -2.62. The fraction of sp³-hybridized carbons (Fsp3) is 0.0625. The first-order valence-electron chi connectivity index (χ1n) is 7.29. The van der Waals surface area contributed by atoms with Gasteiger partial charge in [0.1, 0.15) is 17.3 Å². The topological polar surface area (TPSA) is 96.3 Å². The third-order valence-electron chi connectivity index (χ3n) is 3.84. The SMILES string of the molecule is O=C1C(=O)N(c2nncs2)C(c2cncs2)/C1=C(\O)c1ccc(Cl)cc1. The van der Waals surface area contributed by atoms with Gasteiger partial charge in [0.15, 0.2) is 0 Å². The highest BCUT2D eigenvalue weighted by atomic mass is 35.5. The van der Waals surface area contributed by atoms with Crippen molar-refractivity contribution in [3.63, 3.8) is 0 Å². The summed E-state index contributed by atoms with van der Waals surface area (Å²) in [5.74, 6) is -1.83. The summed E-state index contributed by atoms with van der Waals surface area (Å²) in [6, 6.07) is 5.55. The number of amides is 1. The Bertz CT molecular complexity index is 1000. The fourth-order valence-corrected chi connectivity index (χ4v) is 4.12. The zero-order valence-electron chi connectivity index (χ0n) is 12.9. The molecule has 1 unspecified atom stereocenters. The van der Waals surface area contributed by atoms with Gasteiger partial charge in [0, 0.05) is 16.8 Å². The number of ketones is 1. The van der Waals surface area contributed by atoms with Crippen LogP contribution in [-0.4, -0.2) is 32.0 Å². The smallest absolute Gasteiger partial charge is 0.301 e. The number of anilines is 1. The van der Waals surface area contributed by atoms with Crippen LogP contribution < -0.4 is 4.90 Å². The molecule has 4 rings (SSSR count). The van der Waals surface area contributed by atoms with Gasteiger partial charge in [-0.3, -0.25) is 19.5 Å². The lowest BCUT2D eigenvalue weighted by molar-refractivity contribution is -0.132. The standard InChI is InChI=1S/C16H9ClN4O3S2/c17-9-3-1-8(2-4-9)13(22)11-12(10-5-18-6-25-10)21(15(24)14(11)23)16-20-19-7-26-16/h1-7,12,22H/b13-11+. The molecule has 1 aromatic carbocycles. The minimum Gasteiger partial charge on any atom is -0.507 e. The second-order valence-corrected chi connectivity index (χ2v) is 7.47. The van der Waals surface area contributed by atoms with E-state index in [0.717, 1.165) is 11.3 Å². The Labute approximate surface area is 160 Å². The number of Topliss-reactive ketones (excluding diaryl/α,β-unsaturated/α-hetero) is 1. The monoisotopic (exact) mass is 404 g/mol. The highest BCUT2D eigenvalue weighted by Crippen LogP contribution is 2.43. The average molecular weight is 405 g/mol. The van der Waals surface area contributed by atoms with E-state index < -0.39 is 17.7 Å². The molecule has 0 aliphatic carbocycles. The van der Waals surface area contributed by atoms with E-state index in [1.165, 1.54) is 21.7 Å². The van der Waals surface area contributed by atoms with Crippen LogP contribution in [0.5, 0.6) is 0 Å². The summed E-state index contributed by atoms with van der Waals surface area (Å²) in [4.78, 5) is 31.3. The predicted molar refractivity (Wildman–Crippen MR) is 98.3 cm³/mol. The number of benzene rings is 1. The maximum absolute atomic E-state index is 12.7. The molecule has 1 atom stereocenters. The maximum Gasteiger partial charge on any atom is 0.301 e. The van der Waals surface area contributed by atoms with Gasteiger partial charge in [-0.1, -0.05) is 22.9 Å². The van der Waals surface area contributed by atoms with Gasteiger partial charge < -0.3 is 5.11 Å². The van der Waals surface area contributed by atoms with E-state index in [1.807, 2.05) is 0 Å². The van der Waals surface area contributed by atoms with Gasteiger partial charge in [0.2, 0.25) is 5.13 Å². The number of rotatable bonds is 3. The van der Waals surface area contributed by atoms with Crippen molar-refractivity contribution in [2.75, 3.05) is 4.90 Å². The molecule has 10 heteroatoms. The molecule has 0 bridgehead atoms. The van der Waals surface area contributed by atoms with Gasteiger partial charge in [0.05, 0.1) is 16.0 Å². The average Bonchev–Trinajstić information content (AvgIpc) is 3.37. The lowest BCUT2D eigenvalue weighted by atomic mass is 10.0. The van der Waals surface area contributed by atoms with Crippen LogP contribution in [0.4, 0.5) is 5.13 Å². The van der Waals surface area contributed by atoms with Crippen molar-refractivity contribution in [2.24, 2.45) is 0 Å². The predicted octanol–water partition coefficient (Wildman–Crippen LogP) is 3.27. The van der Waals surface area contributed by atoms with Crippen LogP contribution >= 0.6 is 34.3 Å². The minimum absolute atomic E-state index is 0.0169. The summed E-state index contributed by atoms with van der Waals surface area (Å²) in [5.41, 5.74) is 3.44. The van der Waals surface area contributed by atoms with Crippen molar-refractivity contribution < 1.29 is 14.7 Å². The number of thiazole rings is 1. The molecule has 1 saturated heterocycles. The number of nitrogens with zero attached hydrogens (tertiary/aromatic N) is 4. The Morgan fingerprint density at radius 2 is 1.92 bits per heavy atom. The van der Waals surface area contributed by atoms with Gasteiger partial charge in [-0.05, 0) is 24.3 Å². The molecule has 26 heavy (non-hydrogen) atoms. The van der Waals surface area contributed by atoms with E-state index in [0.29, 0.717) is 15.5 Å². The first kappa shape index (κ1) is 16.8. The Morgan fingerprint density at radius 1 is 1.15 bits per heavy atom. The Morgan fingerprint density at radius 3 is 2.54 bits per heavy atom. The third-order valence-corrected chi connectivity index (χ3v) is 5.61. The number of aromatic nitrogens is 3. The number of hydrogen-bond donors (Lipinski definition) is 1. The molecule has 1 amide bonds. The summed E-state index contributed by atoms with van der Waals surface area (Å²) >= 11 is 8.29. The molecule has 2 aromatic heterocycles. The van der Waals surface area contributed by atoms with Crippen LogP contribution in [0.2, 0.25) is 5.02 Å². The molecule has 1 fully saturated rings. The molecular weight excluding hydrogens is 396 g/mol. The van der Waals surface area contributed by atoms with Crippen molar-refractivity contribution >= 4 is 56.9 Å². The van der Waals surface area contributed by atoms with Crippen molar-refractivity contribution in [1.82, 2.24) is 15.2 Å². The number of carbonyl (C=O) groups is 2. The molecule has 1 aliphatic heterocycles. The van der Waals surface area contributed by atoms with Crippen LogP contribution in [0, 0.1) is 0 Å². The van der Waals surface area contributed by atoms with E-state index in [2.05, 4.69) is 15.2 Å². The zero-order valence-corrected chi connectivity index (χ0v) is 15.3. The van der Waals surface area contributed by atoms with Crippen molar-refractivity contribution in [2.45, 2.75) is 6.04 Å². The summed E-state index contributed by atoms with van der Waals surface area (Å²) in [7, 11) is 0. The summed E-state index contributed by atoms with van der Waals surface area (Å²) in [6.07, 6.45) is 1.56. The minimum atomic E-state index is -0.814. The molecule has 3 heterocycles. The number of aliphatic hydroxyl groups is 1. The molecule has 130 valence electrons. The molecule has 1 aliphatic rings. The second-order valence-electron chi connectivity index (χ2n) is 5.30. The van der Waals surface area contributed by atoms with Crippen molar-refractivity contribution in [3.05, 3.63) is 62.5 Å². The quantitative estimate of drug-likeness (QED) is 0.409. The van der Waals surface area contributed by atoms with Crippen LogP contribution in [0.25, 0.3) is 5.76 Å². The van der Waals surface area contributed by atoms with Crippen molar-refractivity contribution in [1.29, 1.82) is 0 Å². The number of halogens is 1. The summed E-state index contributed by atoms with van der Waals surface area (Å²) in [6.45, 7) is 0. The summed E-state index contributed by atoms with van der Waals surface area (Å²) < 4.78 is 0. The normalized spacial score (nSPS) is 19.3. The lowest BCUT2D eigenvalue weighted by Gasteiger charge is -2.20. The fourth-order valence-electron chi connectivity index (χ4n) is 2.70. The highest BCUT2D eigenvalue weighted by Gasteiger charge is 2.48. The van der Waals surface area contributed by atoms with Gasteiger partial charge in [-0.15, -0.1) is 21.5 Å². The third kappa shape index (κ3) is 2.70. The molecule has 0 saturated carbocycles. The van der Waals surface area contributed by atoms with E-state index in [-0.39, 0.29) is 16.5 Å². The second kappa shape index (κ2) is 6.60. The summed E-state index contributed by atoms with van der Waals surface area (Å²) in [5, 5.41) is 19.2. The number of hydrogen-bond acceptors (Lipinski definition) is 8.